The molecule has 0 aliphatic rings. The van der Waals surface area contributed by atoms with Crippen molar-refractivity contribution in [3.05, 3.63) is 35.6 Å². The maximum Gasteiger partial charge on any atom is 0.123 e. The average molecular weight is 184 g/mol. The molecule has 0 saturated carbocycles. The average Bonchev–Trinajstić information content (AvgIpc) is 2.09. The van der Waals surface area contributed by atoms with Crippen molar-refractivity contribution >= 4 is 17.2 Å². The zero-order valence-corrected chi connectivity index (χ0v) is 7.20. The Kier molecular flexibility index (Phi) is 3.13. The maximum absolute atomic E-state index is 12.4. The van der Waals surface area contributed by atoms with Gasteiger partial charge in [-0.1, -0.05) is 24.4 Å². The van der Waals surface area contributed by atoms with Crippen LogP contribution in [-0.2, 0) is 6.42 Å². The molecule has 3 N–H and O–H groups in total. The highest BCUT2D eigenvalue weighted by Gasteiger charge is 1.96. The number of hydrogen-bond donors (Lipinski definition) is 2. The van der Waals surface area contributed by atoms with Crippen LogP contribution in [-0.4, -0.2) is 4.99 Å². The molecule has 1 aromatic rings. The molecule has 0 atom stereocenters. The summed E-state index contributed by atoms with van der Waals surface area (Å²) in [5.74, 6) is 4.84. The van der Waals surface area contributed by atoms with Gasteiger partial charge in [-0.15, -0.1) is 0 Å². The van der Waals surface area contributed by atoms with Gasteiger partial charge in [-0.25, -0.2) is 4.39 Å². The highest BCUT2D eigenvalue weighted by molar-refractivity contribution is 7.80. The minimum absolute atomic E-state index is 0.245. The van der Waals surface area contributed by atoms with Crippen LogP contribution in [0.1, 0.15) is 5.56 Å². The van der Waals surface area contributed by atoms with Gasteiger partial charge < -0.3 is 5.43 Å². The molecule has 2 nitrogen and oxygen atoms in total. The van der Waals surface area contributed by atoms with Gasteiger partial charge in [0.1, 0.15) is 5.82 Å². The van der Waals surface area contributed by atoms with Gasteiger partial charge in [0.25, 0.3) is 0 Å². The van der Waals surface area contributed by atoms with Crippen molar-refractivity contribution in [1.82, 2.24) is 5.43 Å². The van der Waals surface area contributed by atoms with Gasteiger partial charge in [0.15, 0.2) is 0 Å². The molecular formula is C8H9FN2S. The van der Waals surface area contributed by atoms with Gasteiger partial charge in [-0.3, -0.25) is 5.84 Å². The highest BCUT2D eigenvalue weighted by Crippen LogP contribution is 2.03. The van der Waals surface area contributed by atoms with Crippen molar-refractivity contribution in [2.24, 2.45) is 5.84 Å². The summed E-state index contributed by atoms with van der Waals surface area (Å²) in [4.78, 5) is 0.543. The quantitative estimate of drug-likeness (QED) is 0.411. The topological polar surface area (TPSA) is 38.0 Å². The molecule has 0 fully saturated rings. The minimum atomic E-state index is -0.245. The van der Waals surface area contributed by atoms with E-state index >= 15 is 0 Å². The molecule has 0 saturated heterocycles. The monoisotopic (exact) mass is 184 g/mol. The Labute approximate surface area is 75.5 Å². The van der Waals surface area contributed by atoms with E-state index in [1.54, 1.807) is 12.1 Å². The molecular weight excluding hydrogens is 175 g/mol. The molecule has 0 aliphatic carbocycles. The Morgan fingerprint density at radius 1 is 1.42 bits per heavy atom. The number of thiocarbonyl (C=S) groups is 1. The first kappa shape index (κ1) is 9.09. The summed E-state index contributed by atoms with van der Waals surface area (Å²) in [5, 5.41) is 0. The van der Waals surface area contributed by atoms with Gasteiger partial charge in [0, 0.05) is 6.42 Å². The first-order valence-electron chi connectivity index (χ1n) is 3.46. The summed E-state index contributed by atoms with van der Waals surface area (Å²) < 4.78 is 12.4. The van der Waals surface area contributed by atoms with Crippen molar-refractivity contribution in [2.75, 3.05) is 0 Å². The lowest BCUT2D eigenvalue weighted by Gasteiger charge is -2.01. The minimum Gasteiger partial charge on any atom is -0.318 e. The largest absolute Gasteiger partial charge is 0.318 e. The number of nitrogens with one attached hydrogen (secondary N) is 1. The Hall–Kier alpha value is -1.00. The number of hydrazine groups is 1. The van der Waals surface area contributed by atoms with Crippen LogP contribution < -0.4 is 11.3 Å². The summed E-state index contributed by atoms with van der Waals surface area (Å²) in [6, 6.07) is 6.15. The van der Waals surface area contributed by atoms with Crippen molar-refractivity contribution in [1.29, 1.82) is 0 Å². The molecule has 0 aromatic heterocycles. The van der Waals surface area contributed by atoms with E-state index in [1.165, 1.54) is 12.1 Å². The van der Waals surface area contributed by atoms with E-state index in [0.717, 1.165) is 5.56 Å². The van der Waals surface area contributed by atoms with Crippen LogP contribution in [0.4, 0.5) is 4.39 Å². The highest BCUT2D eigenvalue weighted by atomic mass is 32.1. The fraction of sp³-hybridized carbons (Fsp3) is 0.125. The van der Waals surface area contributed by atoms with Crippen molar-refractivity contribution in [2.45, 2.75) is 6.42 Å². The number of hydrogen-bond acceptors (Lipinski definition) is 2. The van der Waals surface area contributed by atoms with E-state index in [9.17, 15) is 4.39 Å². The molecule has 0 bridgehead atoms. The van der Waals surface area contributed by atoms with Crippen LogP contribution in [0.25, 0.3) is 0 Å². The Bertz CT molecular complexity index is 271. The van der Waals surface area contributed by atoms with Crippen LogP contribution in [0.5, 0.6) is 0 Å². The molecule has 64 valence electrons. The summed E-state index contributed by atoms with van der Waals surface area (Å²) >= 11 is 4.84. The molecule has 12 heavy (non-hydrogen) atoms. The molecule has 0 unspecified atom stereocenters. The van der Waals surface area contributed by atoms with Crippen molar-refractivity contribution in [3.63, 3.8) is 0 Å². The standard InChI is InChI=1S/C8H9FN2S/c9-7-3-1-6(2-4-7)5-8(12)11-10/h1-4H,5,10H2,(H,11,12). The Balaban J connectivity index is 2.64. The molecule has 1 rings (SSSR count). The zero-order valence-electron chi connectivity index (χ0n) is 6.38. The van der Waals surface area contributed by atoms with Crippen LogP contribution in [0, 0.1) is 5.82 Å². The van der Waals surface area contributed by atoms with Gasteiger partial charge >= 0.3 is 0 Å². The molecule has 0 spiro atoms. The molecule has 4 heteroatoms. The van der Waals surface area contributed by atoms with Gasteiger partial charge in [0.05, 0.1) is 4.99 Å². The summed E-state index contributed by atoms with van der Waals surface area (Å²) in [6.45, 7) is 0. The van der Waals surface area contributed by atoms with Crippen molar-refractivity contribution in [3.8, 4) is 0 Å². The third-order valence-electron chi connectivity index (χ3n) is 1.44. The predicted molar refractivity (Wildman–Crippen MR) is 50.0 cm³/mol. The molecule has 1 aromatic carbocycles. The third-order valence-corrected chi connectivity index (χ3v) is 1.70. The van der Waals surface area contributed by atoms with Gasteiger partial charge in [0.2, 0.25) is 0 Å². The Morgan fingerprint density at radius 2 is 2.00 bits per heavy atom. The van der Waals surface area contributed by atoms with E-state index < -0.39 is 0 Å². The predicted octanol–water partition coefficient (Wildman–Crippen LogP) is 1.16. The second kappa shape index (κ2) is 4.13. The molecule has 0 radical (unpaired) electrons. The van der Waals surface area contributed by atoms with E-state index in [1.807, 2.05) is 0 Å². The molecule has 0 heterocycles. The number of benzene rings is 1. The first-order valence-corrected chi connectivity index (χ1v) is 3.87. The third kappa shape index (κ3) is 2.56. The molecule has 0 amide bonds. The summed E-state index contributed by atoms with van der Waals surface area (Å²) in [6.07, 6.45) is 0.548. The summed E-state index contributed by atoms with van der Waals surface area (Å²) in [5.41, 5.74) is 3.31. The summed E-state index contributed by atoms with van der Waals surface area (Å²) in [7, 11) is 0. The SMILES string of the molecule is NNC(=S)Cc1ccc(F)cc1. The van der Waals surface area contributed by atoms with Gasteiger partial charge in [-0.2, -0.15) is 0 Å². The molecule has 0 aliphatic heterocycles. The second-order valence-electron chi connectivity index (χ2n) is 2.37. The smallest absolute Gasteiger partial charge is 0.123 e. The number of rotatable bonds is 2. The lowest BCUT2D eigenvalue weighted by atomic mass is 10.1. The van der Waals surface area contributed by atoms with E-state index in [0.29, 0.717) is 11.4 Å². The van der Waals surface area contributed by atoms with Crippen LogP contribution in [0.2, 0.25) is 0 Å². The normalized spacial score (nSPS) is 9.50. The lowest BCUT2D eigenvalue weighted by Crippen LogP contribution is -2.29. The van der Waals surface area contributed by atoms with Crippen LogP contribution in [0.15, 0.2) is 24.3 Å². The lowest BCUT2D eigenvalue weighted by molar-refractivity contribution is 0.627. The van der Waals surface area contributed by atoms with E-state index in [2.05, 4.69) is 5.43 Å². The number of nitrogens with two attached hydrogens (primary N) is 1. The van der Waals surface area contributed by atoms with E-state index in [-0.39, 0.29) is 5.82 Å². The Morgan fingerprint density at radius 3 is 2.50 bits per heavy atom. The second-order valence-corrected chi connectivity index (χ2v) is 2.86. The first-order chi connectivity index (χ1) is 5.72. The fourth-order valence-electron chi connectivity index (χ4n) is 0.839. The van der Waals surface area contributed by atoms with Crippen molar-refractivity contribution < 1.29 is 4.39 Å². The van der Waals surface area contributed by atoms with Crippen LogP contribution in [0.3, 0.4) is 0 Å². The number of halogens is 1. The maximum atomic E-state index is 12.4. The van der Waals surface area contributed by atoms with E-state index in [4.69, 9.17) is 18.1 Å². The van der Waals surface area contributed by atoms with Gasteiger partial charge in [-0.05, 0) is 17.7 Å². The fourth-order valence-corrected chi connectivity index (χ4v) is 1.01. The zero-order chi connectivity index (χ0) is 8.97. The van der Waals surface area contributed by atoms with Crippen LogP contribution >= 0.6 is 12.2 Å².